The molecule has 21 heavy (non-hydrogen) atoms. The molecule has 10 nitrogen and oxygen atoms in total. The van der Waals surface area contributed by atoms with Gasteiger partial charge in [-0.15, -0.1) is 0 Å². The van der Waals surface area contributed by atoms with Crippen molar-refractivity contribution in [2.75, 3.05) is 19.4 Å². The Balaban J connectivity index is 4.39. The maximum atomic E-state index is 11.2. The van der Waals surface area contributed by atoms with Gasteiger partial charge in [-0.2, -0.15) is 0 Å². The normalized spacial score (nSPS) is 12.1. The summed E-state index contributed by atoms with van der Waals surface area (Å²) in [5.41, 5.74) is 4.89. The van der Waals surface area contributed by atoms with E-state index in [9.17, 15) is 18.9 Å². The summed E-state index contributed by atoms with van der Waals surface area (Å²) in [6.07, 6.45) is -3.52. The van der Waals surface area contributed by atoms with Crippen molar-refractivity contribution in [3.63, 3.8) is 0 Å². The van der Waals surface area contributed by atoms with E-state index in [1.807, 2.05) is 0 Å². The standard InChI is InChI=1S/C10H16NO9P/c1-6(2)9(13)19-4-7(20-10(11)14)3-18-8(12)5-21(15,16)17/h7H,1,3-5H2,2H3,(H2,11,14)(H2,15,16,17). The van der Waals surface area contributed by atoms with Crippen LogP contribution in [0.25, 0.3) is 0 Å². The highest BCUT2D eigenvalue weighted by molar-refractivity contribution is 7.52. The first-order valence-electron chi connectivity index (χ1n) is 5.50. The third kappa shape index (κ3) is 10.5. The third-order valence-electron chi connectivity index (χ3n) is 1.80. The monoisotopic (exact) mass is 325 g/mol. The summed E-state index contributed by atoms with van der Waals surface area (Å²) in [5, 5.41) is 0. The summed E-state index contributed by atoms with van der Waals surface area (Å²) in [5.74, 6) is -1.96. The molecule has 4 N–H and O–H groups in total. The molecule has 0 radical (unpaired) electrons. The lowest BCUT2D eigenvalue weighted by Gasteiger charge is -2.16. The maximum absolute atomic E-state index is 11.2. The number of hydrogen-bond acceptors (Lipinski definition) is 7. The summed E-state index contributed by atoms with van der Waals surface area (Å²) < 4.78 is 24.3. The molecule has 0 fully saturated rings. The van der Waals surface area contributed by atoms with Crippen molar-refractivity contribution in [3.05, 3.63) is 12.2 Å². The van der Waals surface area contributed by atoms with Gasteiger partial charge >= 0.3 is 25.6 Å². The first kappa shape index (κ1) is 19.1. The lowest BCUT2D eigenvalue weighted by atomic mass is 10.3. The van der Waals surface area contributed by atoms with Gasteiger partial charge in [-0.05, 0) is 6.92 Å². The molecule has 0 aliphatic heterocycles. The quantitative estimate of drug-likeness (QED) is 0.226. The number of ether oxygens (including phenoxy) is 3. The van der Waals surface area contributed by atoms with Crippen molar-refractivity contribution >= 4 is 25.6 Å². The lowest BCUT2D eigenvalue weighted by Crippen LogP contribution is -2.33. The minimum absolute atomic E-state index is 0.103. The van der Waals surface area contributed by atoms with Crippen LogP contribution in [0.1, 0.15) is 6.92 Å². The fourth-order valence-corrected chi connectivity index (χ4v) is 1.40. The molecule has 0 aliphatic carbocycles. The summed E-state index contributed by atoms with van der Waals surface area (Å²) >= 11 is 0. The summed E-state index contributed by atoms with van der Waals surface area (Å²) in [7, 11) is -4.56. The van der Waals surface area contributed by atoms with Gasteiger partial charge in [-0.3, -0.25) is 9.36 Å². The van der Waals surface area contributed by atoms with Gasteiger partial charge in [0.15, 0.2) is 6.10 Å². The van der Waals surface area contributed by atoms with Crippen LogP contribution in [0.15, 0.2) is 12.2 Å². The van der Waals surface area contributed by atoms with Crippen LogP contribution in [0.2, 0.25) is 0 Å². The van der Waals surface area contributed by atoms with Crippen LogP contribution in [0.4, 0.5) is 4.79 Å². The van der Waals surface area contributed by atoms with Gasteiger partial charge in [0.05, 0.1) is 0 Å². The molecule has 0 aromatic heterocycles. The van der Waals surface area contributed by atoms with E-state index in [1.165, 1.54) is 6.92 Å². The number of rotatable bonds is 8. The Morgan fingerprint density at radius 3 is 2.19 bits per heavy atom. The van der Waals surface area contributed by atoms with E-state index in [2.05, 4.69) is 20.8 Å². The highest BCUT2D eigenvalue weighted by Crippen LogP contribution is 2.33. The molecule has 11 heteroatoms. The Bertz CT molecular complexity index is 469. The van der Waals surface area contributed by atoms with E-state index in [0.29, 0.717) is 0 Å². The van der Waals surface area contributed by atoms with Crippen LogP contribution in [-0.2, 0) is 28.4 Å². The third-order valence-corrected chi connectivity index (χ3v) is 2.47. The van der Waals surface area contributed by atoms with E-state index >= 15 is 0 Å². The average Bonchev–Trinajstić information content (AvgIpc) is 2.29. The van der Waals surface area contributed by atoms with Crippen LogP contribution >= 0.6 is 7.60 Å². The van der Waals surface area contributed by atoms with Crippen molar-refractivity contribution in [1.29, 1.82) is 0 Å². The summed E-state index contributed by atoms with van der Waals surface area (Å²) in [6.45, 7) is 3.69. The smallest absolute Gasteiger partial charge is 0.405 e. The molecule has 0 rings (SSSR count). The molecule has 1 unspecified atom stereocenters. The highest BCUT2D eigenvalue weighted by Gasteiger charge is 2.23. The second-order valence-corrected chi connectivity index (χ2v) is 5.59. The van der Waals surface area contributed by atoms with Crippen LogP contribution in [0, 0.1) is 0 Å². The Morgan fingerprint density at radius 1 is 1.24 bits per heavy atom. The maximum Gasteiger partial charge on any atom is 0.405 e. The number of nitrogens with two attached hydrogens (primary N) is 1. The minimum Gasteiger partial charge on any atom is -0.461 e. The second kappa shape index (κ2) is 8.40. The molecule has 0 bridgehead atoms. The molecule has 0 aromatic rings. The molecule has 120 valence electrons. The average molecular weight is 325 g/mol. The molecule has 0 heterocycles. The van der Waals surface area contributed by atoms with E-state index in [0.717, 1.165) is 0 Å². The highest BCUT2D eigenvalue weighted by atomic mass is 31.2. The van der Waals surface area contributed by atoms with Crippen LogP contribution < -0.4 is 5.73 Å². The Labute approximate surface area is 120 Å². The first-order valence-corrected chi connectivity index (χ1v) is 7.30. The number of carbonyl (C=O) groups excluding carboxylic acids is 3. The molecule has 0 aromatic carbocycles. The lowest BCUT2D eigenvalue weighted by molar-refractivity contribution is -0.148. The zero-order valence-electron chi connectivity index (χ0n) is 11.2. The van der Waals surface area contributed by atoms with Crippen LogP contribution in [-0.4, -0.2) is 53.3 Å². The van der Waals surface area contributed by atoms with Gasteiger partial charge in [0, 0.05) is 5.57 Å². The molecule has 1 atom stereocenters. The summed E-state index contributed by atoms with van der Waals surface area (Å²) in [6, 6.07) is 0. The number of primary amides is 1. The Morgan fingerprint density at radius 2 is 1.76 bits per heavy atom. The molecular formula is C10H16NO9P. The molecule has 0 aliphatic rings. The van der Waals surface area contributed by atoms with Crippen LogP contribution in [0.3, 0.4) is 0 Å². The number of hydrogen-bond donors (Lipinski definition) is 3. The van der Waals surface area contributed by atoms with Gasteiger partial charge in [0.25, 0.3) is 0 Å². The molecule has 0 spiro atoms. The van der Waals surface area contributed by atoms with Crippen molar-refractivity contribution < 1.29 is 42.9 Å². The zero-order chi connectivity index (χ0) is 16.6. The van der Waals surface area contributed by atoms with Gasteiger partial charge < -0.3 is 29.7 Å². The number of carbonyl (C=O) groups is 3. The predicted molar refractivity (Wildman–Crippen MR) is 68.1 cm³/mol. The van der Waals surface area contributed by atoms with Crippen molar-refractivity contribution in [2.24, 2.45) is 5.73 Å². The predicted octanol–water partition coefficient (Wildman–Crippen LogP) is -0.710. The summed E-state index contributed by atoms with van der Waals surface area (Å²) in [4.78, 5) is 50.0. The van der Waals surface area contributed by atoms with E-state index < -0.39 is 51.1 Å². The van der Waals surface area contributed by atoms with Gasteiger partial charge in [0.2, 0.25) is 0 Å². The molecular weight excluding hydrogens is 309 g/mol. The number of amides is 1. The second-order valence-electron chi connectivity index (χ2n) is 3.94. The van der Waals surface area contributed by atoms with Gasteiger partial charge in [0.1, 0.15) is 19.4 Å². The molecule has 0 saturated carbocycles. The molecule has 0 saturated heterocycles. The van der Waals surface area contributed by atoms with E-state index in [1.54, 1.807) is 0 Å². The van der Waals surface area contributed by atoms with Crippen molar-refractivity contribution in [1.82, 2.24) is 0 Å². The van der Waals surface area contributed by atoms with Crippen molar-refractivity contribution in [2.45, 2.75) is 13.0 Å². The zero-order valence-corrected chi connectivity index (χ0v) is 12.1. The Hall–Kier alpha value is -1.90. The largest absolute Gasteiger partial charge is 0.461 e. The fraction of sp³-hybridized carbons (Fsp3) is 0.500. The van der Waals surface area contributed by atoms with Crippen molar-refractivity contribution in [3.8, 4) is 0 Å². The Kier molecular flexibility index (Phi) is 7.64. The van der Waals surface area contributed by atoms with Gasteiger partial charge in [-0.1, -0.05) is 6.58 Å². The van der Waals surface area contributed by atoms with E-state index in [-0.39, 0.29) is 5.57 Å². The minimum atomic E-state index is -4.56. The fourth-order valence-electron chi connectivity index (χ4n) is 0.972. The van der Waals surface area contributed by atoms with E-state index in [4.69, 9.17) is 15.5 Å². The number of esters is 2. The first-order chi connectivity index (χ1) is 9.51. The van der Waals surface area contributed by atoms with Gasteiger partial charge in [-0.25, -0.2) is 9.59 Å². The van der Waals surface area contributed by atoms with Crippen LogP contribution in [0.5, 0.6) is 0 Å². The SMILES string of the molecule is C=C(C)C(=O)OCC(COC(=O)CP(=O)(O)O)OC(N)=O. The molecule has 1 amide bonds. The topological polar surface area (TPSA) is 162 Å².